The van der Waals surface area contributed by atoms with Crippen LogP contribution < -0.4 is 30.7 Å². The van der Waals surface area contributed by atoms with Crippen LogP contribution >= 0.6 is 0 Å². The molecular formula is C26H33N5O2. The molecule has 1 fully saturated rings. The number of nitrogens with two attached hydrogens (primary N) is 1. The van der Waals surface area contributed by atoms with Crippen LogP contribution in [0.15, 0.2) is 60.8 Å². The zero-order chi connectivity index (χ0) is 23.0. The molecule has 33 heavy (non-hydrogen) atoms. The average Bonchev–Trinajstić information content (AvgIpc) is 2.86. The molecule has 2 heterocycles. The molecule has 1 saturated heterocycles. The van der Waals surface area contributed by atoms with Gasteiger partial charge in [-0.15, -0.1) is 0 Å². The van der Waals surface area contributed by atoms with Crippen molar-refractivity contribution in [2.75, 3.05) is 43.3 Å². The third-order valence-corrected chi connectivity index (χ3v) is 5.99. The minimum atomic E-state index is 0.368. The van der Waals surface area contributed by atoms with Crippen LogP contribution in [0.5, 0.6) is 11.5 Å². The predicted molar refractivity (Wildman–Crippen MR) is 134 cm³/mol. The molecule has 174 valence electrons. The van der Waals surface area contributed by atoms with Crippen LogP contribution in [0.3, 0.4) is 0 Å². The van der Waals surface area contributed by atoms with Gasteiger partial charge >= 0.3 is 0 Å². The molecule has 1 aliphatic heterocycles. The van der Waals surface area contributed by atoms with Gasteiger partial charge in [-0.2, -0.15) is 0 Å². The molecule has 0 aliphatic carbocycles. The van der Waals surface area contributed by atoms with E-state index in [1.54, 1.807) is 14.2 Å². The maximum Gasteiger partial charge on any atom is 0.154 e. The second kappa shape index (κ2) is 10.9. The molecule has 0 saturated carbocycles. The number of ether oxygens (including phenoxy) is 2. The van der Waals surface area contributed by atoms with Crippen LogP contribution in [0.1, 0.15) is 24.0 Å². The first-order valence-electron chi connectivity index (χ1n) is 11.4. The molecule has 0 amide bonds. The SMILES string of the molecule is COc1ccc(CN(Cc2ccc(OC)cc2)c2nccc(N[C@@H]3CCCNC3)c2N)cc1. The zero-order valence-corrected chi connectivity index (χ0v) is 19.4. The zero-order valence-electron chi connectivity index (χ0n) is 19.4. The van der Waals surface area contributed by atoms with Gasteiger partial charge < -0.3 is 30.7 Å². The Hall–Kier alpha value is -3.45. The van der Waals surface area contributed by atoms with Gasteiger partial charge in [0.15, 0.2) is 5.82 Å². The lowest BCUT2D eigenvalue weighted by molar-refractivity contribution is 0.414. The molecule has 0 bridgehead atoms. The number of nitrogens with one attached hydrogen (secondary N) is 2. The Balaban J connectivity index is 1.61. The Labute approximate surface area is 195 Å². The summed E-state index contributed by atoms with van der Waals surface area (Å²) in [5, 5.41) is 7.06. The van der Waals surface area contributed by atoms with E-state index in [-0.39, 0.29) is 0 Å². The summed E-state index contributed by atoms with van der Waals surface area (Å²) < 4.78 is 10.6. The normalized spacial score (nSPS) is 15.6. The molecule has 0 radical (unpaired) electrons. The average molecular weight is 448 g/mol. The van der Waals surface area contributed by atoms with E-state index in [0.29, 0.717) is 24.8 Å². The van der Waals surface area contributed by atoms with Crippen molar-refractivity contribution in [2.45, 2.75) is 32.0 Å². The van der Waals surface area contributed by atoms with E-state index >= 15 is 0 Å². The largest absolute Gasteiger partial charge is 0.497 e. The van der Waals surface area contributed by atoms with Gasteiger partial charge in [-0.1, -0.05) is 24.3 Å². The van der Waals surface area contributed by atoms with Crippen molar-refractivity contribution >= 4 is 17.2 Å². The van der Waals surface area contributed by atoms with Crippen LogP contribution in [0.2, 0.25) is 0 Å². The first-order chi connectivity index (χ1) is 16.2. The van der Waals surface area contributed by atoms with Crippen molar-refractivity contribution in [3.05, 3.63) is 71.9 Å². The lowest BCUT2D eigenvalue weighted by Gasteiger charge is -2.29. The standard InChI is InChI=1S/C26H33N5O2/c1-32-22-9-5-19(6-10-22)17-31(18-20-7-11-23(33-2)12-8-20)26-25(27)24(13-15-29-26)30-21-4-3-14-28-16-21/h5-13,15,21,28H,3-4,14,16-18,27H2,1-2H3,(H,29,30)/t21-/m1/s1. The number of hydrogen-bond acceptors (Lipinski definition) is 7. The second-order valence-electron chi connectivity index (χ2n) is 8.34. The topological polar surface area (TPSA) is 84.7 Å². The summed E-state index contributed by atoms with van der Waals surface area (Å²) in [6.45, 7) is 3.36. The van der Waals surface area contributed by atoms with Crippen molar-refractivity contribution in [2.24, 2.45) is 0 Å². The lowest BCUT2D eigenvalue weighted by Crippen LogP contribution is -2.38. The van der Waals surface area contributed by atoms with Gasteiger partial charge in [0.05, 0.1) is 25.6 Å². The molecule has 7 heteroatoms. The molecule has 0 spiro atoms. The number of anilines is 3. The molecule has 0 unspecified atom stereocenters. The number of pyridine rings is 1. The van der Waals surface area contributed by atoms with E-state index in [9.17, 15) is 0 Å². The summed E-state index contributed by atoms with van der Waals surface area (Å²) in [7, 11) is 3.35. The highest BCUT2D eigenvalue weighted by Crippen LogP contribution is 2.31. The smallest absolute Gasteiger partial charge is 0.154 e. The summed E-state index contributed by atoms with van der Waals surface area (Å²) in [5.41, 5.74) is 10.6. The highest BCUT2D eigenvalue weighted by molar-refractivity contribution is 5.78. The Morgan fingerprint density at radius 1 is 0.970 bits per heavy atom. The molecule has 1 aromatic heterocycles. The van der Waals surface area contributed by atoms with E-state index in [0.717, 1.165) is 60.1 Å². The minimum absolute atomic E-state index is 0.368. The van der Waals surface area contributed by atoms with Gasteiger partial charge in [-0.25, -0.2) is 4.98 Å². The van der Waals surface area contributed by atoms with Gasteiger partial charge in [0.2, 0.25) is 0 Å². The van der Waals surface area contributed by atoms with E-state index in [1.165, 1.54) is 0 Å². The number of piperidine rings is 1. The van der Waals surface area contributed by atoms with Gasteiger partial charge in [-0.3, -0.25) is 0 Å². The van der Waals surface area contributed by atoms with E-state index < -0.39 is 0 Å². The number of hydrogen-bond donors (Lipinski definition) is 3. The Kier molecular flexibility index (Phi) is 7.52. The molecule has 1 aliphatic rings. The first-order valence-corrected chi connectivity index (χ1v) is 11.4. The van der Waals surface area contributed by atoms with Crippen molar-refractivity contribution in [1.29, 1.82) is 0 Å². The van der Waals surface area contributed by atoms with Crippen LogP contribution in [0, 0.1) is 0 Å². The third kappa shape index (κ3) is 5.87. The highest BCUT2D eigenvalue weighted by atomic mass is 16.5. The van der Waals surface area contributed by atoms with Crippen molar-refractivity contribution in [3.63, 3.8) is 0 Å². The van der Waals surface area contributed by atoms with Gasteiger partial charge in [0.1, 0.15) is 11.5 Å². The summed E-state index contributed by atoms with van der Waals surface area (Å²) >= 11 is 0. The molecule has 1 atom stereocenters. The maximum atomic E-state index is 6.67. The molecule has 7 nitrogen and oxygen atoms in total. The summed E-state index contributed by atoms with van der Waals surface area (Å²) in [6.07, 6.45) is 4.13. The fourth-order valence-electron chi connectivity index (χ4n) is 4.14. The fraction of sp³-hybridized carbons (Fsp3) is 0.346. The van der Waals surface area contributed by atoms with E-state index in [1.807, 2.05) is 36.5 Å². The summed E-state index contributed by atoms with van der Waals surface area (Å²) in [5.74, 6) is 2.45. The molecule has 4 rings (SSSR count). The molecule has 2 aromatic carbocycles. The number of aromatic nitrogens is 1. The third-order valence-electron chi connectivity index (χ3n) is 5.99. The van der Waals surface area contributed by atoms with Crippen LogP contribution in [-0.2, 0) is 13.1 Å². The summed E-state index contributed by atoms with van der Waals surface area (Å²) in [6, 6.07) is 18.5. The van der Waals surface area contributed by atoms with Gasteiger partial charge in [0, 0.05) is 31.9 Å². The minimum Gasteiger partial charge on any atom is -0.497 e. The molecule has 4 N–H and O–H groups in total. The fourth-order valence-corrected chi connectivity index (χ4v) is 4.14. The quantitative estimate of drug-likeness (QED) is 0.456. The van der Waals surface area contributed by atoms with Crippen LogP contribution in [0.25, 0.3) is 0 Å². The van der Waals surface area contributed by atoms with Crippen molar-refractivity contribution in [1.82, 2.24) is 10.3 Å². The lowest BCUT2D eigenvalue weighted by atomic mass is 10.1. The number of nitrogen functional groups attached to an aromatic ring is 1. The molecular weight excluding hydrogens is 414 g/mol. The maximum absolute atomic E-state index is 6.67. The Morgan fingerprint density at radius 3 is 2.09 bits per heavy atom. The van der Waals surface area contributed by atoms with Gasteiger partial charge in [-0.05, 0) is 60.8 Å². The highest BCUT2D eigenvalue weighted by Gasteiger charge is 2.19. The van der Waals surface area contributed by atoms with E-state index in [2.05, 4.69) is 44.8 Å². The van der Waals surface area contributed by atoms with Crippen LogP contribution in [-0.4, -0.2) is 38.3 Å². The first kappa shape index (κ1) is 22.7. The monoisotopic (exact) mass is 447 g/mol. The Bertz CT molecular complexity index is 968. The molecule has 3 aromatic rings. The second-order valence-corrected chi connectivity index (χ2v) is 8.34. The van der Waals surface area contributed by atoms with E-state index in [4.69, 9.17) is 15.2 Å². The number of benzene rings is 2. The number of nitrogens with zero attached hydrogens (tertiary/aromatic N) is 2. The number of methoxy groups -OCH3 is 2. The Morgan fingerprint density at radius 2 is 1.58 bits per heavy atom. The van der Waals surface area contributed by atoms with Crippen molar-refractivity contribution < 1.29 is 9.47 Å². The van der Waals surface area contributed by atoms with Crippen molar-refractivity contribution in [3.8, 4) is 11.5 Å². The van der Waals surface area contributed by atoms with Crippen LogP contribution in [0.4, 0.5) is 17.2 Å². The predicted octanol–water partition coefficient (Wildman–Crippen LogP) is 4.05. The summed E-state index contributed by atoms with van der Waals surface area (Å²) in [4.78, 5) is 6.90. The van der Waals surface area contributed by atoms with Gasteiger partial charge in [0.25, 0.3) is 0 Å². The number of rotatable bonds is 9.